The van der Waals surface area contributed by atoms with Crippen LogP contribution in [0.25, 0.3) is 56.0 Å². The van der Waals surface area contributed by atoms with Crippen LogP contribution in [0.3, 0.4) is 0 Å². The minimum atomic E-state index is -0.346. The second-order valence-electron chi connectivity index (χ2n) is 9.08. The van der Waals surface area contributed by atoms with Crippen molar-refractivity contribution in [2.45, 2.75) is 26.2 Å². The van der Waals surface area contributed by atoms with E-state index in [1.807, 2.05) is 25.1 Å². The average molecular weight is 519 g/mol. The highest BCUT2D eigenvalue weighted by molar-refractivity contribution is 5.96. The van der Waals surface area contributed by atoms with Crippen molar-refractivity contribution in [2.24, 2.45) is 0 Å². The van der Waals surface area contributed by atoms with Crippen LogP contribution in [0.15, 0.2) is 73.6 Å². The third kappa shape index (κ3) is 4.91. The van der Waals surface area contributed by atoms with E-state index >= 15 is 0 Å². The fraction of sp³-hybridized carbons (Fsp3) is 0.138. The highest BCUT2D eigenvalue weighted by Crippen LogP contribution is 2.31. The number of aromatic nitrogens is 7. The quantitative estimate of drug-likeness (QED) is 0.267. The van der Waals surface area contributed by atoms with Crippen LogP contribution in [0.2, 0.25) is 0 Å². The molecule has 0 atom stereocenters. The number of imidazole rings is 1. The summed E-state index contributed by atoms with van der Waals surface area (Å²) in [5.41, 5.74) is 5.80. The second kappa shape index (κ2) is 10.3. The molecule has 0 aliphatic carbocycles. The van der Waals surface area contributed by atoms with E-state index in [0.29, 0.717) is 51.4 Å². The zero-order chi connectivity index (χ0) is 26.8. The monoisotopic (exact) mass is 518 g/mol. The van der Waals surface area contributed by atoms with Gasteiger partial charge in [-0.3, -0.25) is 14.8 Å². The molecule has 0 radical (unpaired) electrons. The van der Waals surface area contributed by atoms with Gasteiger partial charge in [0, 0.05) is 47.1 Å². The van der Waals surface area contributed by atoms with Gasteiger partial charge in [0.05, 0.1) is 23.1 Å². The predicted molar refractivity (Wildman–Crippen MR) is 147 cm³/mol. The van der Waals surface area contributed by atoms with Crippen LogP contribution in [0.4, 0.5) is 10.1 Å². The number of unbranched alkanes of at least 4 members (excludes halogenated alkanes) is 1. The van der Waals surface area contributed by atoms with E-state index in [9.17, 15) is 9.18 Å². The first kappa shape index (κ1) is 24.2. The number of anilines is 1. The zero-order valence-corrected chi connectivity index (χ0v) is 21.0. The van der Waals surface area contributed by atoms with Gasteiger partial charge in [0.2, 0.25) is 5.91 Å². The Morgan fingerprint density at radius 3 is 2.72 bits per heavy atom. The van der Waals surface area contributed by atoms with E-state index in [-0.39, 0.29) is 11.7 Å². The number of carbonyl (C=O) groups is 1. The van der Waals surface area contributed by atoms with E-state index in [4.69, 9.17) is 4.98 Å². The molecule has 0 spiro atoms. The molecule has 0 fully saturated rings. The van der Waals surface area contributed by atoms with Crippen LogP contribution in [0, 0.1) is 5.82 Å². The molecule has 0 unspecified atom stereocenters. The molecule has 1 amide bonds. The standard InChI is InChI=1S/C29H23FN8O/c1-2-3-7-24(39)36-21-11-18(13-31-15-21)19-12-22-26(34-16-35-28(22)33-14-19)29-37-23-8-9-32-25(27(23)38-29)17-5-4-6-20(30)10-17/h4-6,8-16H,2-3,7H2,1H3,(H,36,39)(H,37,38). The normalized spacial score (nSPS) is 11.2. The van der Waals surface area contributed by atoms with Gasteiger partial charge in [0.1, 0.15) is 23.4 Å². The van der Waals surface area contributed by atoms with Gasteiger partial charge in [-0.2, -0.15) is 0 Å². The van der Waals surface area contributed by atoms with E-state index in [1.54, 1.807) is 36.9 Å². The number of nitrogens with zero attached hydrogens (tertiary/aromatic N) is 6. The molecule has 0 aliphatic rings. The number of carbonyl (C=O) groups excluding carboxylic acids is 1. The second-order valence-corrected chi connectivity index (χ2v) is 9.08. The van der Waals surface area contributed by atoms with Crippen molar-refractivity contribution in [1.82, 2.24) is 34.9 Å². The molecule has 0 saturated carbocycles. The molecule has 5 aromatic heterocycles. The highest BCUT2D eigenvalue weighted by Gasteiger charge is 2.16. The summed E-state index contributed by atoms with van der Waals surface area (Å²) < 4.78 is 13.9. The lowest BCUT2D eigenvalue weighted by atomic mass is 10.1. The van der Waals surface area contributed by atoms with Crippen molar-refractivity contribution >= 4 is 33.7 Å². The Morgan fingerprint density at radius 2 is 1.85 bits per heavy atom. The SMILES string of the molecule is CCCCC(=O)Nc1cncc(-c2cnc3ncnc(-c4nc5c(-c6cccc(F)c6)nccc5[nH]4)c3c2)c1. The summed E-state index contributed by atoms with van der Waals surface area (Å²) in [5, 5.41) is 3.59. The summed E-state index contributed by atoms with van der Waals surface area (Å²) in [6, 6.07) is 11.9. The molecule has 39 heavy (non-hydrogen) atoms. The first-order valence-corrected chi connectivity index (χ1v) is 12.6. The largest absolute Gasteiger partial charge is 0.337 e. The summed E-state index contributed by atoms with van der Waals surface area (Å²) >= 11 is 0. The van der Waals surface area contributed by atoms with Crippen LogP contribution >= 0.6 is 0 Å². The lowest BCUT2D eigenvalue weighted by Crippen LogP contribution is -2.11. The first-order valence-electron chi connectivity index (χ1n) is 12.6. The van der Waals surface area contributed by atoms with E-state index in [0.717, 1.165) is 29.5 Å². The summed E-state index contributed by atoms with van der Waals surface area (Å²) in [7, 11) is 0. The van der Waals surface area contributed by atoms with E-state index in [1.165, 1.54) is 18.5 Å². The zero-order valence-electron chi connectivity index (χ0n) is 21.0. The molecule has 0 saturated heterocycles. The number of benzene rings is 1. The molecule has 0 bridgehead atoms. The van der Waals surface area contributed by atoms with Crippen LogP contribution in [0.5, 0.6) is 0 Å². The Bertz CT molecular complexity index is 1830. The Labute approximate surface area is 222 Å². The van der Waals surface area contributed by atoms with E-state index < -0.39 is 0 Å². The smallest absolute Gasteiger partial charge is 0.224 e. The fourth-order valence-electron chi connectivity index (χ4n) is 4.41. The molecular weight excluding hydrogens is 495 g/mol. The predicted octanol–water partition coefficient (Wildman–Crippen LogP) is 5.96. The van der Waals surface area contributed by atoms with Gasteiger partial charge in [-0.15, -0.1) is 0 Å². The van der Waals surface area contributed by atoms with Crippen molar-refractivity contribution in [2.75, 3.05) is 5.32 Å². The topological polar surface area (TPSA) is 122 Å². The van der Waals surface area contributed by atoms with Gasteiger partial charge in [-0.25, -0.2) is 24.3 Å². The molecule has 9 nitrogen and oxygen atoms in total. The van der Waals surface area contributed by atoms with Gasteiger partial charge in [0.25, 0.3) is 0 Å². The van der Waals surface area contributed by atoms with Gasteiger partial charge >= 0.3 is 0 Å². The molecule has 0 aliphatic heterocycles. The van der Waals surface area contributed by atoms with Gasteiger partial charge in [-0.05, 0) is 36.8 Å². The van der Waals surface area contributed by atoms with E-state index in [2.05, 4.69) is 35.2 Å². The van der Waals surface area contributed by atoms with Gasteiger partial charge < -0.3 is 10.3 Å². The number of pyridine rings is 3. The Balaban J connectivity index is 1.40. The molecule has 192 valence electrons. The van der Waals surface area contributed by atoms with Crippen molar-refractivity contribution in [3.8, 4) is 33.9 Å². The third-order valence-electron chi connectivity index (χ3n) is 6.32. The highest BCUT2D eigenvalue weighted by atomic mass is 19.1. The van der Waals surface area contributed by atoms with Crippen LogP contribution in [-0.2, 0) is 4.79 Å². The molecular formula is C29H23FN8O. The first-order chi connectivity index (χ1) is 19.1. The molecule has 6 aromatic rings. The minimum absolute atomic E-state index is 0.0416. The molecule has 2 N–H and O–H groups in total. The molecule has 5 heterocycles. The van der Waals surface area contributed by atoms with Gasteiger partial charge in [-0.1, -0.05) is 25.5 Å². The van der Waals surface area contributed by atoms with Crippen molar-refractivity contribution < 1.29 is 9.18 Å². The van der Waals surface area contributed by atoms with Crippen molar-refractivity contribution in [3.05, 3.63) is 79.4 Å². The maximum atomic E-state index is 13.9. The van der Waals surface area contributed by atoms with Crippen molar-refractivity contribution in [3.63, 3.8) is 0 Å². The fourth-order valence-corrected chi connectivity index (χ4v) is 4.41. The number of aromatic amines is 1. The van der Waals surface area contributed by atoms with Crippen LogP contribution < -0.4 is 5.32 Å². The number of H-pyrrole nitrogens is 1. The Kier molecular flexibility index (Phi) is 6.42. The average Bonchev–Trinajstić information content (AvgIpc) is 3.40. The van der Waals surface area contributed by atoms with Crippen LogP contribution in [-0.4, -0.2) is 40.8 Å². The summed E-state index contributed by atoms with van der Waals surface area (Å²) in [5.74, 6) is 0.124. The lowest BCUT2D eigenvalue weighted by Gasteiger charge is -2.08. The Hall–Kier alpha value is -5.12. The Morgan fingerprint density at radius 1 is 0.949 bits per heavy atom. The number of hydrogen-bond acceptors (Lipinski definition) is 7. The number of halogens is 1. The molecule has 10 heteroatoms. The number of amides is 1. The minimum Gasteiger partial charge on any atom is -0.337 e. The summed E-state index contributed by atoms with van der Waals surface area (Å²) in [6.07, 6.45) is 10.4. The maximum absolute atomic E-state index is 13.9. The number of nitrogens with one attached hydrogen (secondary N) is 2. The number of fused-ring (bicyclic) bond motifs is 2. The van der Waals surface area contributed by atoms with Crippen molar-refractivity contribution in [1.29, 1.82) is 0 Å². The lowest BCUT2D eigenvalue weighted by molar-refractivity contribution is -0.116. The maximum Gasteiger partial charge on any atom is 0.224 e. The number of rotatable bonds is 7. The summed E-state index contributed by atoms with van der Waals surface area (Å²) in [4.78, 5) is 42.4. The molecule has 6 rings (SSSR count). The van der Waals surface area contributed by atoms with Crippen LogP contribution in [0.1, 0.15) is 26.2 Å². The molecule has 1 aromatic carbocycles. The van der Waals surface area contributed by atoms with Gasteiger partial charge in [0.15, 0.2) is 11.5 Å². The summed E-state index contributed by atoms with van der Waals surface area (Å²) in [6.45, 7) is 2.05. The number of hydrogen-bond donors (Lipinski definition) is 2. The third-order valence-corrected chi connectivity index (χ3v) is 6.32.